The van der Waals surface area contributed by atoms with Gasteiger partial charge in [-0.2, -0.15) is 0 Å². The van der Waals surface area contributed by atoms with E-state index >= 15 is 0 Å². The molecule has 0 bridgehead atoms. The second-order valence-corrected chi connectivity index (χ2v) is 9.43. The van der Waals surface area contributed by atoms with Gasteiger partial charge in [-0.3, -0.25) is 9.59 Å². The SMILES string of the molecule is CCC(C)C(=O)O[C@H]1C[C@H](C)CC2=CC(O)[C@@H](C)C(CC[C@@H]3C[C@@H](O)CC(=O)O3)=C21. The molecule has 30 heavy (non-hydrogen) atoms. The van der Waals surface area contributed by atoms with E-state index in [4.69, 9.17) is 9.47 Å². The summed E-state index contributed by atoms with van der Waals surface area (Å²) in [5.41, 5.74) is 3.23. The Morgan fingerprint density at radius 3 is 2.67 bits per heavy atom. The van der Waals surface area contributed by atoms with Gasteiger partial charge in [0, 0.05) is 12.3 Å². The lowest BCUT2D eigenvalue weighted by Gasteiger charge is -2.39. The molecule has 1 saturated heterocycles. The van der Waals surface area contributed by atoms with Crippen molar-refractivity contribution in [1.82, 2.24) is 0 Å². The molecule has 0 amide bonds. The second-order valence-electron chi connectivity index (χ2n) is 9.43. The molecule has 3 aliphatic rings. The van der Waals surface area contributed by atoms with E-state index < -0.39 is 12.2 Å². The molecule has 1 aliphatic heterocycles. The van der Waals surface area contributed by atoms with Gasteiger partial charge in [0.15, 0.2) is 0 Å². The minimum absolute atomic E-state index is 0.0535. The average Bonchev–Trinajstić information content (AvgIpc) is 2.67. The molecule has 2 fully saturated rings. The van der Waals surface area contributed by atoms with Crippen molar-refractivity contribution >= 4 is 11.9 Å². The molecule has 6 heteroatoms. The number of hydrogen-bond acceptors (Lipinski definition) is 6. The minimum atomic E-state index is -0.654. The van der Waals surface area contributed by atoms with Crippen LogP contribution >= 0.6 is 0 Å². The van der Waals surface area contributed by atoms with Crippen LogP contribution in [-0.2, 0) is 19.1 Å². The predicted molar refractivity (Wildman–Crippen MR) is 112 cm³/mol. The Hall–Kier alpha value is -1.66. The van der Waals surface area contributed by atoms with Crippen molar-refractivity contribution in [1.29, 1.82) is 0 Å². The van der Waals surface area contributed by atoms with Crippen LogP contribution in [0.15, 0.2) is 22.8 Å². The molecule has 0 aromatic heterocycles. The third-order valence-electron chi connectivity index (χ3n) is 6.88. The highest BCUT2D eigenvalue weighted by Crippen LogP contribution is 2.44. The van der Waals surface area contributed by atoms with E-state index in [1.807, 2.05) is 26.8 Å². The summed E-state index contributed by atoms with van der Waals surface area (Å²) in [6, 6.07) is 0. The fourth-order valence-corrected chi connectivity index (χ4v) is 4.88. The monoisotopic (exact) mass is 420 g/mol. The van der Waals surface area contributed by atoms with Gasteiger partial charge < -0.3 is 19.7 Å². The molecule has 0 aromatic carbocycles. The van der Waals surface area contributed by atoms with Crippen molar-refractivity contribution in [3.63, 3.8) is 0 Å². The van der Waals surface area contributed by atoms with Gasteiger partial charge >= 0.3 is 11.9 Å². The number of carbonyl (C=O) groups excluding carboxylic acids is 2. The first kappa shape index (κ1) is 23.0. The number of carbonyl (C=O) groups is 2. The standard InChI is InChI=1S/C24H36O6/c1-5-14(3)24(28)30-21-9-13(2)8-16-10-20(26)15(4)19(23(16)21)7-6-18-11-17(25)12-22(27)29-18/h10,13-15,17-18,20-21,25-26H,5-9,11-12H2,1-4H3/t13-,14?,15+,17-,18-,20?,21+/m1/s1. The molecule has 1 heterocycles. The molecule has 0 aromatic rings. The zero-order valence-electron chi connectivity index (χ0n) is 18.6. The molecule has 1 saturated carbocycles. The van der Waals surface area contributed by atoms with E-state index in [-0.39, 0.29) is 42.4 Å². The molecule has 2 unspecified atom stereocenters. The summed E-state index contributed by atoms with van der Waals surface area (Å²) in [7, 11) is 0. The molecular formula is C24H36O6. The Morgan fingerprint density at radius 1 is 1.27 bits per heavy atom. The molecule has 2 N–H and O–H groups in total. The van der Waals surface area contributed by atoms with Crippen molar-refractivity contribution in [2.24, 2.45) is 17.8 Å². The van der Waals surface area contributed by atoms with Crippen molar-refractivity contribution in [2.45, 2.75) is 97.1 Å². The summed E-state index contributed by atoms with van der Waals surface area (Å²) in [6.45, 7) is 8.00. The maximum atomic E-state index is 12.6. The number of aliphatic hydroxyl groups is 2. The maximum absolute atomic E-state index is 12.6. The molecule has 168 valence electrons. The predicted octanol–water partition coefficient (Wildman–Crippen LogP) is 3.45. The third-order valence-corrected chi connectivity index (χ3v) is 6.88. The number of esters is 2. The third kappa shape index (κ3) is 5.14. The van der Waals surface area contributed by atoms with Crippen LogP contribution in [0.25, 0.3) is 0 Å². The molecule has 0 radical (unpaired) electrons. The quantitative estimate of drug-likeness (QED) is 0.639. The van der Waals surface area contributed by atoms with Crippen LogP contribution in [0.1, 0.15) is 72.6 Å². The van der Waals surface area contributed by atoms with Gasteiger partial charge in [0.2, 0.25) is 0 Å². The highest BCUT2D eigenvalue weighted by molar-refractivity contribution is 5.73. The number of aliphatic hydroxyl groups excluding tert-OH is 2. The average molecular weight is 421 g/mol. The van der Waals surface area contributed by atoms with Crippen LogP contribution in [0.5, 0.6) is 0 Å². The first-order valence-corrected chi connectivity index (χ1v) is 11.4. The van der Waals surface area contributed by atoms with Crippen molar-refractivity contribution < 1.29 is 29.3 Å². The lowest BCUT2D eigenvalue weighted by molar-refractivity contribution is -0.160. The van der Waals surface area contributed by atoms with E-state index in [9.17, 15) is 19.8 Å². The van der Waals surface area contributed by atoms with Crippen LogP contribution in [-0.4, -0.2) is 46.6 Å². The fourth-order valence-electron chi connectivity index (χ4n) is 4.88. The van der Waals surface area contributed by atoms with Crippen molar-refractivity contribution in [3.05, 3.63) is 22.8 Å². The fraction of sp³-hybridized carbons (Fsp3) is 0.750. The van der Waals surface area contributed by atoms with Gasteiger partial charge in [-0.05, 0) is 49.2 Å². The van der Waals surface area contributed by atoms with Crippen LogP contribution in [0.3, 0.4) is 0 Å². The van der Waals surface area contributed by atoms with Crippen molar-refractivity contribution in [2.75, 3.05) is 0 Å². The van der Waals surface area contributed by atoms with Crippen LogP contribution in [0, 0.1) is 17.8 Å². The van der Waals surface area contributed by atoms with E-state index in [1.54, 1.807) is 0 Å². The van der Waals surface area contributed by atoms with E-state index in [2.05, 4.69) is 6.92 Å². The van der Waals surface area contributed by atoms with Crippen molar-refractivity contribution in [3.8, 4) is 0 Å². The van der Waals surface area contributed by atoms with Crippen LogP contribution < -0.4 is 0 Å². The molecule has 6 nitrogen and oxygen atoms in total. The lowest BCUT2D eigenvalue weighted by Crippen LogP contribution is -2.36. The largest absolute Gasteiger partial charge is 0.462 e. The smallest absolute Gasteiger partial charge is 0.309 e. The molecule has 2 aliphatic carbocycles. The summed E-state index contributed by atoms with van der Waals surface area (Å²) in [4.78, 5) is 24.2. The van der Waals surface area contributed by atoms with Gasteiger partial charge in [0.05, 0.1) is 24.5 Å². The lowest BCUT2D eigenvalue weighted by atomic mass is 9.70. The second kappa shape index (κ2) is 9.65. The normalized spacial score (nSPS) is 35.3. The first-order chi connectivity index (χ1) is 14.2. The number of hydrogen-bond donors (Lipinski definition) is 2. The van der Waals surface area contributed by atoms with Gasteiger partial charge in [-0.15, -0.1) is 0 Å². The number of cyclic esters (lactones) is 1. The van der Waals surface area contributed by atoms with Crippen LogP contribution in [0.2, 0.25) is 0 Å². The summed E-state index contributed by atoms with van der Waals surface area (Å²) in [5.74, 6) is -0.405. The van der Waals surface area contributed by atoms with Crippen LogP contribution in [0.4, 0.5) is 0 Å². The number of fused-ring (bicyclic) bond motifs is 1. The highest BCUT2D eigenvalue weighted by atomic mass is 16.5. The summed E-state index contributed by atoms with van der Waals surface area (Å²) >= 11 is 0. The zero-order valence-corrected chi connectivity index (χ0v) is 18.6. The zero-order chi connectivity index (χ0) is 22.0. The Kier molecular flexibility index (Phi) is 7.40. The molecule has 7 atom stereocenters. The van der Waals surface area contributed by atoms with Gasteiger partial charge in [0.25, 0.3) is 0 Å². The molecule has 3 rings (SSSR count). The molecular weight excluding hydrogens is 384 g/mol. The summed E-state index contributed by atoms with van der Waals surface area (Å²) < 4.78 is 11.4. The van der Waals surface area contributed by atoms with E-state index in [1.165, 1.54) is 0 Å². The van der Waals surface area contributed by atoms with Gasteiger partial charge in [0.1, 0.15) is 12.2 Å². The first-order valence-electron chi connectivity index (χ1n) is 11.4. The van der Waals surface area contributed by atoms with Gasteiger partial charge in [-0.1, -0.05) is 39.3 Å². The highest BCUT2D eigenvalue weighted by Gasteiger charge is 2.38. The van der Waals surface area contributed by atoms with Gasteiger partial charge in [-0.25, -0.2) is 0 Å². The minimum Gasteiger partial charge on any atom is -0.462 e. The van der Waals surface area contributed by atoms with E-state index in [0.717, 1.165) is 36.0 Å². The Bertz CT molecular complexity index is 723. The summed E-state index contributed by atoms with van der Waals surface area (Å²) in [5, 5.41) is 20.5. The molecule has 0 spiro atoms. The Labute approximate surface area is 179 Å². The maximum Gasteiger partial charge on any atom is 0.309 e. The van der Waals surface area contributed by atoms with E-state index in [0.29, 0.717) is 25.2 Å². The number of ether oxygens (including phenoxy) is 2. The Morgan fingerprint density at radius 2 is 2.00 bits per heavy atom. The number of rotatable bonds is 6. The summed E-state index contributed by atoms with van der Waals surface area (Å²) in [6.07, 6.45) is 4.17. The topological polar surface area (TPSA) is 93.1 Å². The Balaban J connectivity index is 1.85.